The Labute approximate surface area is 69.0 Å². The standard InChI is InChI=1S/C11H14/c1-2-3-4-5-8-11-9-6-7-10-11/h1,6-7,9H,3-5,8,10H2. The second-order valence-corrected chi connectivity index (χ2v) is 2.87. The molecule has 0 aromatic carbocycles. The summed E-state index contributed by atoms with van der Waals surface area (Å²) in [6, 6.07) is 0. The second-order valence-electron chi connectivity index (χ2n) is 2.87. The monoisotopic (exact) mass is 146 g/mol. The molecule has 58 valence electrons. The molecule has 0 saturated heterocycles. The van der Waals surface area contributed by atoms with Crippen LogP contribution in [0.25, 0.3) is 0 Å². The highest BCUT2D eigenvalue weighted by Gasteiger charge is 1.97. The van der Waals surface area contributed by atoms with Crippen molar-refractivity contribution in [1.82, 2.24) is 0 Å². The lowest BCUT2D eigenvalue weighted by atomic mass is 10.1. The van der Waals surface area contributed by atoms with E-state index in [9.17, 15) is 0 Å². The van der Waals surface area contributed by atoms with E-state index in [0.29, 0.717) is 0 Å². The molecule has 0 saturated carbocycles. The molecule has 0 amide bonds. The molecule has 0 aliphatic heterocycles. The average Bonchev–Trinajstić information content (AvgIpc) is 2.50. The van der Waals surface area contributed by atoms with Crippen LogP contribution in [0.15, 0.2) is 23.8 Å². The van der Waals surface area contributed by atoms with E-state index >= 15 is 0 Å². The zero-order valence-electron chi connectivity index (χ0n) is 6.84. The zero-order valence-corrected chi connectivity index (χ0v) is 6.84. The van der Waals surface area contributed by atoms with Gasteiger partial charge in [0.25, 0.3) is 0 Å². The smallest absolute Gasteiger partial charge is 0.00861 e. The Hall–Kier alpha value is -0.960. The number of hydrogen-bond acceptors (Lipinski definition) is 0. The summed E-state index contributed by atoms with van der Waals surface area (Å²) < 4.78 is 0. The van der Waals surface area contributed by atoms with Gasteiger partial charge in [-0.3, -0.25) is 0 Å². The summed E-state index contributed by atoms with van der Waals surface area (Å²) in [5.74, 6) is 2.66. The molecule has 0 atom stereocenters. The summed E-state index contributed by atoms with van der Waals surface area (Å²) in [7, 11) is 0. The lowest BCUT2D eigenvalue weighted by molar-refractivity contribution is 0.744. The first-order valence-electron chi connectivity index (χ1n) is 4.21. The van der Waals surface area contributed by atoms with Crippen LogP contribution in [-0.2, 0) is 0 Å². The summed E-state index contributed by atoms with van der Waals surface area (Å²) in [4.78, 5) is 0. The van der Waals surface area contributed by atoms with Crippen LogP contribution in [0.4, 0.5) is 0 Å². The Morgan fingerprint density at radius 2 is 2.36 bits per heavy atom. The van der Waals surface area contributed by atoms with Crippen LogP contribution in [0.1, 0.15) is 32.1 Å². The minimum Gasteiger partial charge on any atom is -0.120 e. The van der Waals surface area contributed by atoms with Gasteiger partial charge >= 0.3 is 0 Å². The van der Waals surface area contributed by atoms with E-state index in [1.54, 1.807) is 5.57 Å². The van der Waals surface area contributed by atoms with Gasteiger partial charge in [-0.25, -0.2) is 0 Å². The number of terminal acetylenes is 1. The van der Waals surface area contributed by atoms with Crippen molar-refractivity contribution in [2.24, 2.45) is 0 Å². The van der Waals surface area contributed by atoms with E-state index in [2.05, 4.69) is 24.1 Å². The van der Waals surface area contributed by atoms with Gasteiger partial charge in [0.1, 0.15) is 0 Å². The highest BCUT2D eigenvalue weighted by molar-refractivity contribution is 5.22. The first kappa shape index (κ1) is 8.14. The quantitative estimate of drug-likeness (QED) is 0.422. The van der Waals surface area contributed by atoms with Gasteiger partial charge in [-0.05, 0) is 25.7 Å². The zero-order chi connectivity index (χ0) is 7.94. The molecule has 0 heteroatoms. The van der Waals surface area contributed by atoms with Crippen molar-refractivity contribution in [2.75, 3.05) is 0 Å². The fraction of sp³-hybridized carbons (Fsp3) is 0.455. The van der Waals surface area contributed by atoms with Crippen LogP contribution < -0.4 is 0 Å². The molecule has 0 radical (unpaired) electrons. The molecule has 0 N–H and O–H groups in total. The van der Waals surface area contributed by atoms with Crippen LogP contribution in [-0.4, -0.2) is 0 Å². The molecule has 1 rings (SSSR count). The Balaban J connectivity index is 2.01. The number of unbranched alkanes of at least 4 members (excludes halogenated alkanes) is 2. The summed E-state index contributed by atoms with van der Waals surface area (Å²) in [5.41, 5.74) is 1.56. The predicted molar refractivity (Wildman–Crippen MR) is 49.1 cm³/mol. The van der Waals surface area contributed by atoms with Gasteiger partial charge in [0.2, 0.25) is 0 Å². The average molecular weight is 146 g/mol. The lowest BCUT2D eigenvalue weighted by Gasteiger charge is -1.98. The van der Waals surface area contributed by atoms with E-state index < -0.39 is 0 Å². The van der Waals surface area contributed by atoms with E-state index in [4.69, 9.17) is 6.42 Å². The van der Waals surface area contributed by atoms with Crippen molar-refractivity contribution in [1.29, 1.82) is 0 Å². The molecule has 0 heterocycles. The normalized spacial score (nSPS) is 14.6. The maximum atomic E-state index is 5.15. The number of allylic oxidation sites excluding steroid dienone is 4. The fourth-order valence-electron chi connectivity index (χ4n) is 1.26. The van der Waals surface area contributed by atoms with Gasteiger partial charge in [0, 0.05) is 6.42 Å². The highest BCUT2D eigenvalue weighted by atomic mass is 14.0. The molecule has 1 aliphatic rings. The SMILES string of the molecule is C#CCCCCC1=CC=CC1. The molecule has 0 unspecified atom stereocenters. The van der Waals surface area contributed by atoms with E-state index in [-0.39, 0.29) is 0 Å². The van der Waals surface area contributed by atoms with Gasteiger partial charge in [-0.1, -0.05) is 23.8 Å². The lowest BCUT2D eigenvalue weighted by Crippen LogP contribution is -1.79. The number of hydrogen-bond donors (Lipinski definition) is 0. The maximum Gasteiger partial charge on any atom is 0.00861 e. The second kappa shape index (κ2) is 4.79. The third-order valence-electron chi connectivity index (χ3n) is 1.92. The van der Waals surface area contributed by atoms with Crippen LogP contribution in [0.5, 0.6) is 0 Å². The van der Waals surface area contributed by atoms with Gasteiger partial charge < -0.3 is 0 Å². The van der Waals surface area contributed by atoms with Gasteiger partial charge in [-0.2, -0.15) is 0 Å². The van der Waals surface area contributed by atoms with Crippen LogP contribution in [0, 0.1) is 12.3 Å². The molecule has 11 heavy (non-hydrogen) atoms. The summed E-state index contributed by atoms with van der Waals surface area (Å²) in [5, 5.41) is 0. The minimum atomic E-state index is 0.931. The number of rotatable bonds is 4. The van der Waals surface area contributed by atoms with Gasteiger partial charge in [0.15, 0.2) is 0 Å². The Morgan fingerprint density at radius 3 is 3.00 bits per heavy atom. The predicted octanol–water partition coefficient (Wildman–Crippen LogP) is 3.07. The molecule has 0 fully saturated rings. The Bertz CT molecular complexity index is 201. The minimum absolute atomic E-state index is 0.931. The maximum absolute atomic E-state index is 5.15. The summed E-state index contributed by atoms with van der Waals surface area (Å²) in [6.45, 7) is 0. The van der Waals surface area contributed by atoms with E-state index in [1.807, 2.05) is 0 Å². The first-order valence-corrected chi connectivity index (χ1v) is 4.21. The van der Waals surface area contributed by atoms with Crippen LogP contribution >= 0.6 is 0 Å². The molecular formula is C11H14. The van der Waals surface area contributed by atoms with Crippen molar-refractivity contribution >= 4 is 0 Å². The van der Waals surface area contributed by atoms with Crippen LogP contribution in [0.3, 0.4) is 0 Å². The van der Waals surface area contributed by atoms with Crippen molar-refractivity contribution in [3.63, 3.8) is 0 Å². The Morgan fingerprint density at radius 1 is 1.45 bits per heavy atom. The molecule has 0 nitrogen and oxygen atoms in total. The van der Waals surface area contributed by atoms with Crippen molar-refractivity contribution in [3.05, 3.63) is 23.8 Å². The summed E-state index contributed by atoms with van der Waals surface area (Å²) in [6.07, 6.45) is 17.5. The molecule has 0 aromatic heterocycles. The third-order valence-corrected chi connectivity index (χ3v) is 1.92. The highest BCUT2D eigenvalue weighted by Crippen LogP contribution is 2.17. The largest absolute Gasteiger partial charge is 0.120 e. The molecule has 1 aliphatic carbocycles. The topological polar surface area (TPSA) is 0 Å². The molecule has 0 spiro atoms. The molecular weight excluding hydrogens is 132 g/mol. The molecule has 0 bridgehead atoms. The Kier molecular flexibility index (Phi) is 3.55. The third kappa shape index (κ3) is 3.09. The van der Waals surface area contributed by atoms with Crippen molar-refractivity contribution < 1.29 is 0 Å². The van der Waals surface area contributed by atoms with Gasteiger partial charge in [-0.15, -0.1) is 12.3 Å². The van der Waals surface area contributed by atoms with Crippen molar-refractivity contribution in [3.8, 4) is 12.3 Å². The van der Waals surface area contributed by atoms with Crippen molar-refractivity contribution in [2.45, 2.75) is 32.1 Å². The van der Waals surface area contributed by atoms with E-state index in [1.165, 1.54) is 19.3 Å². The first-order chi connectivity index (χ1) is 5.43. The fourth-order valence-corrected chi connectivity index (χ4v) is 1.26. The summed E-state index contributed by atoms with van der Waals surface area (Å²) >= 11 is 0. The van der Waals surface area contributed by atoms with E-state index in [0.717, 1.165) is 12.8 Å². The molecule has 0 aromatic rings. The van der Waals surface area contributed by atoms with Gasteiger partial charge in [0.05, 0.1) is 0 Å². The van der Waals surface area contributed by atoms with Crippen LogP contribution in [0.2, 0.25) is 0 Å².